The lowest BCUT2D eigenvalue weighted by molar-refractivity contribution is -0.360. The molecule has 2 heterocycles. The van der Waals surface area contributed by atoms with Crippen molar-refractivity contribution in [2.45, 2.75) is 421 Å². The molecule has 3 rings (SSSR count). The predicted octanol–water partition coefficient (Wildman–Crippen LogP) is 11.8. The Kier molecular flexibility index (Phi) is 52.4. The second-order valence-electron chi connectivity index (χ2n) is 29.1. The van der Waals surface area contributed by atoms with Gasteiger partial charge in [-0.15, -0.1) is 0 Å². The lowest BCUT2D eigenvalue weighted by Gasteiger charge is -2.49. The maximum absolute atomic E-state index is 14.4. The summed E-state index contributed by atoms with van der Waals surface area (Å²) in [4.78, 5) is 51.1. The van der Waals surface area contributed by atoms with Crippen molar-refractivity contribution in [2.24, 2.45) is 5.92 Å². The number of allylic oxidation sites excluding steroid dienone is 2. The van der Waals surface area contributed by atoms with Crippen LogP contribution in [0.3, 0.4) is 0 Å². The summed E-state index contributed by atoms with van der Waals surface area (Å²) in [6.07, 6.45) is 15.5. The molecule has 101 heavy (non-hydrogen) atoms. The van der Waals surface area contributed by atoms with E-state index < -0.39 is 156 Å². The van der Waals surface area contributed by atoms with Crippen molar-refractivity contribution in [3.05, 3.63) is 12.2 Å². The van der Waals surface area contributed by atoms with E-state index in [1.807, 2.05) is 0 Å². The Labute approximate surface area is 605 Å². The molecule has 2 saturated heterocycles. The predicted molar refractivity (Wildman–Crippen MR) is 384 cm³/mol. The minimum absolute atomic E-state index is 0.0270. The normalized spacial score (nSPS) is 27.5. The maximum Gasteiger partial charge on any atom is 0.472 e. The Hall–Kier alpha value is -2.30. The molecule has 0 bridgehead atoms. The zero-order valence-electron chi connectivity index (χ0n) is 62.4. The van der Waals surface area contributed by atoms with Gasteiger partial charge >= 0.3 is 25.7 Å². The molecule has 0 spiro atoms. The van der Waals surface area contributed by atoms with Crippen molar-refractivity contribution >= 4 is 25.7 Å². The quantitative estimate of drug-likeness (QED) is 0.00886. The number of phosphoric ester groups is 1. The molecule has 0 aromatic heterocycles. The topological polar surface area (TPSA) is 374 Å². The number of aliphatic hydroxyl groups is 10. The van der Waals surface area contributed by atoms with Gasteiger partial charge in [-0.05, 0) is 50.9 Å². The Morgan fingerprint density at radius 1 is 0.406 bits per heavy atom. The Balaban J connectivity index is 1.72. The molecule has 1 aliphatic carbocycles. The highest BCUT2D eigenvalue weighted by atomic mass is 31.2. The van der Waals surface area contributed by atoms with Gasteiger partial charge in [0.15, 0.2) is 18.7 Å². The number of hydrogen-bond donors (Lipinski definition) is 11. The molecule has 25 heteroatoms. The zero-order valence-corrected chi connectivity index (χ0v) is 63.3. The van der Waals surface area contributed by atoms with Crippen molar-refractivity contribution in [3.8, 4) is 0 Å². The molecule has 19 atom stereocenters. The van der Waals surface area contributed by atoms with Crippen LogP contribution in [0, 0.1) is 5.92 Å². The standard InChI is InChI=1S/C76H141O24P/c1-5-8-11-14-17-19-21-23-25-26-28-30-32-34-40-45-50-61(79)93-55-59-64(82)66(84)71(89)76(97-59)99-73-69(87)67(85)68(86)72(98-75-70(88)65(83)63(81)58(52-77)96-75)74(73)100-101(90,91)94-54-57(53-92-60(78)49-44-39-33-31-29-27-24-22-20-18-15-12-9-6-2)95-62(80)51-46-41-36-35-38-43-48-56(4)47-42-37-16-13-10-7-3/h27,29,56-59,63-77,81-89H,5-26,28,30-55H2,1-4H3,(H,90,91)/b29-27-. The number of rotatable bonds is 62. The van der Waals surface area contributed by atoms with Gasteiger partial charge < -0.3 is 89.1 Å². The average molecular weight is 1470 g/mol. The number of esters is 3. The van der Waals surface area contributed by atoms with Crippen LogP contribution in [-0.4, -0.2) is 204 Å². The van der Waals surface area contributed by atoms with E-state index in [4.69, 9.17) is 42.2 Å². The number of unbranched alkanes of at least 4 members (excludes halogenated alkanes) is 35. The molecule has 24 nitrogen and oxygen atoms in total. The first-order valence-electron chi connectivity index (χ1n) is 39.9. The van der Waals surface area contributed by atoms with Crippen LogP contribution in [0.1, 0.15) is 317 Å². The highest BCUT2D eigenvalue weighted by Crippen LogP contribution is 2.49. The van der Waals surface area contributed by atoms with Gasteiger partial charge in [0.05, 0.1) is 13.2 Å². The van der Waals surface area contributed by atoms with E-state index >= 15 is 0 Å². The SMILES string of the molecule is CCCCCCCCC/C=C\CCCCCC(=O)OCC(COP(=O)(O)OC1C(OC2OC(CO)C(O)C(O)C2O)C(O)C(O)C(O)C1OC1OC(COC(=O)CCCCCCCCCCCCCCCCCC)C(O)C(O)C1O)OC(=O)CCCCCCCCC(C)CCCCCCCC. The van der Waals surface area contributed by atoms with E-state index in [2.05, 4.69) is 39.8 Å². The lowest BCUT2D eigenvalue weighted by atomic mass is 9.84. The van der Waals surface area contributed by atoms with Gasteiger partial charge in [0.1, 0.15) is 98.7 Å². The maximum atomic E-state index is 14.4. The third kappa shape index (κ3) is 39.9. The number of hydrogen-bond acceptors (Lipinski definition) is 23. The average Bonchev–Trinajstić information content (AvgIpc) is 0.761. The Morgan fingerprint density at radius 3 is 1.18 bits per heavy atom. The van der Waals surface area contributed by atoms with Crippen molar-refractivity contribution in [2.75, 3.05) is 26.4 Å². The van der Waals surface area contributed by atoms with E-state index in [9.17, 15) is 74.9 Å². The number of phosphoric acid groups is 1. The lowest BCUT2D eigenvalue weighted by Crippen LogP contribution is -2.69. The summed E-state index contributed by atoms with van der Waals surface area (Å²) < 4.78 is 65.2. The third-order valence-corrected chi connectivity index (χ3v) is 20.9. The van der Waals surface area contributed by atoms with Gasteiger partial charge in [-0.25, -0.2) is 4.57 Å². The van der Waals surface area contributed by atoms with Crippen LogP contribution in [0.2, 0.25) is 0 Å². The molecule has 1 saturated carbocycles. The van der Waals surface area contributed by atoms with Gasteiger partial charge in [0.2, 0.25) is 0 Å². The van der Waals surface area contributed by atoms with E-state index in [-0.39, 0.29) is 19.3 Å². The van der Waals surface area contributed by atoms with E-state index in [1.54, 1.807) is 0 Å². The zero-order chi connectivity index (χ0) is 74.1. The summed E-state index contributed by atoms with van der Waals surface area (Å²) in [7, 11) is -5.70. The number of carbonyl (C=O) groups is 3. The third-order valence-electron chi connectivity index (χ3n) is 19.9. The van der Waals surface area contributed by atoms with E-state index in [1.165, 1.54) is 154 Å². The van der Waals surface area contributed by atoms with Crippen LogP contribution in [0.15, 0.2) is 12.2 Å². The summed E-state index contributed by atoms with van der Waals surface area (Å²) >= 11 is 0. The molecule has 0 aromatic rings. The second kappa shape index (κ2) is 56.9. The molecule has 0 radical (unpaired) electrons. The fraction of sp³-hybridized carbons (Fsp3) is 0.934. The minimum Gasteiger partial charge on any atom is -0.463 e. The molecule has 3 fully saturated rings. The monoisotopic (exact) mass is 1470 g/mol. The van der Waals surface area contributed by atoms with Crippen molar-refractivity contribution in [3.63, 3.8) is 0 Å². The van der Waals surface area contributed by atoms with Crippen LogP contribution in [0.25, 0.3) is 0 Å². The summed E-state index contributed by atoms with van der Waals surface area (Å²) in [5.41, 5.74) is 0. The summed E-state index contributed by atoms with van der Waals surface area (Å²) in [6, 6.07) is 0. The van der Waals surface area contributed by atoms with Crippen molar-refractivity contribution in [1.82, 2.24) is 0 Å². The molecular formula is C76H141O24P. The largest absolute Gasteiger partial charge is 0.472 e. The summed E-state index contributed by atoms with van der Waals surface area (Å²) in [5, 5.41) is 110. The second-order valence-corrected chi connectivity index (χ2v) is 30.5. The number of aliphatic hydroxyl groups excluding tert-OH is 10. The summed E-state index contributed by atoms with van der Waals surface area (Å²) in [5.74, 6) is -1.32. The van der Waals surface area contributed by atoms with E-state index in [0.717, 1.165) is 96.3 Å². The Morgan fingerprint density at radius 2 is 0.752 bits per heavy atom. The molecular weight excluding hydrogens is 1330 g/mol. The highest BCUT2D eigenvalue weighted by molar-refractivity contribution is 7.47. The first kappa shape index (κ1) is 92.9. The van der Waals surface area contributed by atoms with Crippen molar-refractivity contribution in [1.29, 1.82) is 0 Å². The first-order chi connectivity index (χ1) is 48.7. The molecule has 3 aliphatic rings. The van der Waals surface area contributed by atoms with Gasteiger partial charge in [-0.2, -0.15) is 0 Å². The van der Waals surface area contributed by atoms with E-state index in [0.29, 0.717) is 25.2 Å². The molecule has 2 aliphatic heterocycles. The minimum atomic E-state index is -5.70. The number of carbonyl (C=O) groups excluding carboxylic acids is 3. The Bertz CT molecular complexity index is 2150. The molecule has 594 valence electrons. The first-order valence-corrected chi connectivity index (χ1v) is 41.4. The van der Waals surface area contributed by atoms with Crippen LogP contribution < -0.4 is 0 Å². The smallest absolute Gasteiger partial charge is 0.463 e. The molecule has 11 N–H and O–H groups in total. The van der Waals surface area contributed by atoms with Crippen LogP contribution >= 0.6 is 7.82 Å². The molecule has 0 amide bonds. The molecule has 19 unspecified atom stereocenters. The van der Waals surface area contributed by atoms with Crippen molar-refractivity contribution < 1.29 is 117 Å². The van der Waals surface area contributed by atoms with Gasteiger partial charge in [0, 0.05) is 19.3 Å². The number of ether oxygens (including phenoxy) is 7. The molecule has 0 aromatic carbocycles. The van der Waals surface area contributed by atoms with Crippen LogP contribution in [-0.2, 0) is 61.2 Å². The van der Waals surface area contributed by atoms with Gasteiger partial charge in [0.25, 0.3) is 0 Å². The van der Waals surface area contributed by atoms with Crippen LogP contribution in [0.4, 0.5) is 0 Å². The summed E-state index contributed by atoms with van der Waals surface area (Å²) in [6.45, 7) is 5.78. The van der Waals surface area contributed by atoms with Crippen LogP contribution in [0.5, 0.6) is 0 Å². The fourth-order valence-electron chi connectivity index (χ4n) is 13.4. The fourth-order valence-corrected chi connectivity index (χ4v) is 14.3. The van der Waals surface area contributed by atoms with Gasteiger partial charge in [-0.1, -0.05) is 265 Å². The van der Waals surface area contributed by atoms with Gasteiger partial charge in [-0.3, -0.25) is 23.4 Å². The highest BCUT2D eigenvalue weighted by Gasteiger charge is 2.58.